The molecule has 0 aliphatic rings. The van der Waals surface area contributed by atoms with Crippen molar-refractivity contribution < 1.29 is 18.4 Å². The minimum Gasteiger partial charge on any atom is -0.365 e. The standard InChI is InChI=1S/C21H20BrF2N7O2S/c1-5-31-7-11(8(2)29-31)10-6-12(18(23)24)26-21-13(10)15(17(34-21)19(25)32)27-20(33)16-14(22)9(3)28-30(16)4/h6-7,18H,5H2,1-4H3,(H2,25,32)(H,27,33). The average molecular weight is 552 g/mol. The van der Waals surface area contributed by atoms with Crippen molar-refractivity contribution >= 4 is 55.0 Å². The van der Waals surface area contributed by atoms with Gasteiger partial charge in [0.1, 0.15) is 21.1 Å². The summed E-state index contributed by atoms with van der Waals surface area (Å²) in [5.74, 6) is -1.37. The van der Waals surface area contributed by atoms with E-state index in [0.29, 0.717) is 38.9 Å². The lowest BCUT2D eigenvalue weighted by atomic mass is 10.0. The summed E-state index contributed by atoms with van der Waals surface area (Å²) in [7, 11) is 1.61. The predicted octanol–water partition coefficient (Wildman–Crippen LogP) is 4.58. The van der Waals surface area contributed by atoms with Crippen LogP contribution in [0.5, 0.6) is 0 Å². The molecular formula is C21H20BrF2N7O2S. The number of fused-ring (bicyclic) bond motifs is 1. The fraction of sp³-hybridized carbons (Fsp3) is 0.286. The normalized spacial score (nSPS) is 11.5. The van der Waals surface area contributed by atoms with Crippen LogP contribution in [0.15, 0.2) is 16.7 Å². The molecule has 0 aliphatic heterocycles. The van der Waals surface area contributed by atoms with Crippen LogP contribution in [-0.2, 0) is 13.6 Å². The third-order valence-corrected chi connectivity index (χ3v) is 7.34. The van der Waals surface area contributed by atoms with E-state index in [-0.39, 0.29) is 21.1 Å². The first kappa shape index (κ1) is 24.0. The van der Waals surface area contributed by atoms with E-state index in [2.05, 4.69) is 36.4 Å². The van der Waals surface area contributed by atoms with Gasteiger partial charge in [-0.25, -0.2) is 13.8 Å². The minimum atomic E-state index is -2.84. The number of halogens is 3. The van der Waals surface area contributed by atoms with Crippen LogP contribution >= 0.6 is 27.3 Å². The summed E-state index contributed by atoms with van der Waals surface area (Å²) in [6.45, 7) is 5.96. The Morgan fingerprint density at radius 2 is 1.94 bits per heavy atom. The summed E-state index contributed by atoms with van der Waals surface area (Å²) >= 11 is 4.21. The maximum Gasteiger partial charge on any atom is 0.280 e. The number of aryl methyl sites for hydroxylation is 4. The molecule has 0 radical (unpaired) electrons. The zero-order valence-corrected chi connectivity index (χ0v) is 21.0. The zero-order chi connectivity index (χ0) is 24.9. The van der Waals surface area contributed by atoms with Crippen molar-refractivity contribution in [2.45, 2.75) is 33.7 Å². The van der Waals surface area contributed by atoms with Gasteiger partial charge < -0.3 is 11.1 Å². The summed E-state index contributed by atoms with van der Waals surface area (Å²) in [4.78, 5) is 29.7. The van der Waals surface area contributed by atoms with Gasteiger partial charge in [0.2, 0.25) is 0 Å². The van der Waals surface area contributed by atoms with Crippen LogP contribution < -0.4 is 11.1 Å². The Morgan fingerprint density at radius 1 is 1.24 bits per heavy atom. The molecule has 34 heavy (non-hydrogen) atoms. The first-order valence-electron chi connectivity index (χ1n) is 10.1. The highest BCUT2D eigenvalue weighted by Crippen LogP contribution is 2.43. The smallest absolute Gasteiger partial charge is 0.280 e. The number of nitrogens with zero attached hydrogens (tertiary/aromatic N) is 5. The second-order valence-corrected chi connectivity index (χ2v) is 9.35. The van der Waals surface area contributed by atoms with Crippen molar-refractivity contribution in [2.75, 3.05) is 5.32 Å². The summed E-state index contributed by atoms with van der Waals surface area (Å²) < 4.78 is 31.0. The van der Waals surface area contributed by atoms with Gasteiger partial charge in [0.15, 0.2) is 0 Å². The van der Waals surface area contributed by atoms with E-state index in [1.165, 1.54) is 10.7 Å². The van der Waals surface area contributed by atoms with Gasteiger partial charge in [-0.1, -0.05) is 0 Å². The molecule has 13 heteroatoms. The number of carbonyl (C=O) groups is 2. The first-order valence-corrected chi connectivity index (χ1v) is 11.7. The second-order valence-electron chi connectivity index (χ2n) is 7.56. The maximum atomic E-state index is 13.7. The van der Waals surface area contributed by atoms with Crippen LogP contribution in [0.2, 0.25) is 0 Å². The summed E-state index contributed by atoms with van der Waals surface area (Å²) in [6.07, 6.45) is -1.11. The summed E-state index contributed by atoms with van der Waals surface area (Å²) in [5, 5.41) is 11.7. The highest BCUT2D eigenvalue weighted by Gasteiger charge is 2.28. The van der Waals surface area contributed by atoms with Gasteiger partial charge in [0.25, 0.3) is 18.2 Å². The highest BCUT2D eigenvalue weighted by atomic mass is 79.9. The summed E-state index contributed by atoms with van der Waals surface area (Å²) in [6, 6.07) is 1.26. The van der Waals surface area contributed by atoms with Crippen LogP contribution in [0.3, 0.4) is 0 Å². The van der Waals surface area contributed by atoms with Crippen LogP contribution in [0.1, 0.15) is 50.6 Å². The van der Waals surface area contributed by atoms with Crippen LogP contribution in [0, 0.1) is 13.8 Å². The summed E-state index contributed by atoms with van der Waals surface area (Å²) in [5.41, 5.74) is 7.63. The van der Waals surface area contributed by atoms with Gasteiger partial charge in [-0.3, -0.25) is 19.0 Å². The molecule has 2 amide bonds. The topological polar surface area (TPSA) is 121 Å². The molecule has 3 N–H and O–H groups in total. The third-order valence-electron chi connectivity index (χ3n) is 5.29. The molecule has 4 aromatic rings. The molecule has 0 spiro atoms. The van der Waals surface area contributed by atoms with Gasteiger partial charge in [-0.15, -0.1) is 11.3 Å². The lowest BCUT2D eigenvalue weighted by Gasteiger charge is -2.11. The molecule has 0 atom stereocenters. The van der Waals surface area contributed by atoms with Gasteiger partial charge in [0.05, 0.1) is 21.5 Å². The molecule has 0 unspecified atom stereocenters. The average Bonchev–Trinajstić information content (AvgIpc) is 3.40. The first-order chi connectivity index (χ1) is 16.0. The molecule has 9 nitrogen and oxygen atoms in total. The lowest BCUT2D eigenvalue weighted by Crippen LogP contribution is -2.19. The zero-order valence-electron chi connectivity index (χ0n) is 18.6. The number of carbonyl (C=O) groups excluding carboxylic acids is 2. The molecule has 178 valence electrons. The van der Waals surface area contributed by atoms with Crippen molar-refractivity contribution in [3.8, 4) is 11.1 Å². The molecule has 0 saturated carbocycles. The van der Waals surface area contributed by atoms with E-state index < -0.39 is 23.9 Å². The number of aromatic nitrogens is 5. The second kappa shape index (κ2) is 8.87. The molecule has 0 aromatic carbocycles. The Labute approximate surface area is 205 Å². The van der Waals surface area contributed by atoms with E-state index in [0.717, 1.165) is 11.3 Å². The van der Waals surface area contributed by atoms with E-state index in [1.54, 1.807) is 31.8 Å². The number of pyridine rings is 1. The third kappa shape index (κ3) is 3.98. The van der Waals surface area contributed by atoms with Gasteiger partial charge >= 0.3 is 0 Å². The molecule has 4 heterocycles. The Balaban J connectivity index is 2.00. The Morgan fingerprint density at radius 3 is 2.47 bits per heavy atom. The van der Waals surface area contributed by atoms with Crippen molar-refractivity contribution in [3.05, 3.63) is 44.4 Å². The Bertz CT molecular complexity index is 1460. The number of thiophene rings is 1. The maximum absolute atomic E-state index is 13.7. The van der Waals surface area contributed by atoms with Gasteiger partial charge in [0, 0.05) is 30.7 Å². The number of rotatable bonds is 6. The number of hydrogen-bond acceptors (Lipinski definition) is 6. The van der Waals surface area contributed by atoms with Gasteiger partial charge in [-0.05, 0) is 48.3 Å². The Hall–Kier alpha value is -3.19. The van der Waals surface area contributed by atoms with E-state index >= 15 is 0 Å². The molecule has 0 fully saturated rings. The monoisotopic (exact) mass is 551 g/mol. The van der Waals surface area contributed by atoms with Crippen LogP contribution in [0.25, 0.3) is 21.3 Å². The number of alkyl halides is 2. The fourth-order valence-electron chi connectivity index (χ4n) is 3.73. The highest BCUT2D eigenvalue weighted by molar-refractivity contribution is 9.10. The van der Waals surface area contributed by atoms with E-state index in [4.69, 9.17) is 5.73 Å². The molecule has 0 bridgehead atoms. The number of primary amides is 1. The minimum absolute atomic E-state index is 0.000865. The number of amides is 2. The van der Waals surface area contributed by atoms with Crippen molar-refractivity contribution in [3.63, 3.8) is 0 Å². The lowest BCUT2D eigenvalue weighted by molar-refractivity contribution is 0.100. The van der Waals surface area contributed by atoms with Crippen LogP contribution in [0.4, 0.5) is 14.5 Å². The molecule has 0 aliphatic carbocycles. The number of hydrogen-bond donors (Lipinski definition) is 2. The van der Waals surface area contributed by atoms with Crippen molar-refractivity contribution in [1.82, 2.24) is 24.5 Å². The quantitative estimate of drug-likeness (QED) is 0.363. The largest absolute Gasteiger partial charge is 0.365 e. The number of anilines is 1. The molecule has 4 rings (SSSR count). The fourth-order valence-corrected chi connectivity index (χ4v) is 5.26. The van der Waals surface area contributed by atoms with E-state index in [9.17, 15) is 18.4 Å². The van der Waals surface area contributed by atoms with Gasteiger partial charge in [-0.2, -0.15) is 10.2 Å². The molecule has 0 saturated heterocycles. The van der Waals surface area contributed by atoms with E-state index in [1.807, 2.05) is 6.92 Å². The number of nitrogens with one attached hydrogen (secondary N) is 1. The number of nitrogens with two attached hydrogens (primary N) is 1. The predicted molar refractivity (Wildman–Crippen MR) is 128 cm³/mol. The van der Waals surface area contributed by atoms with Crippen molar-refractivity contribution in [1.29, 1.82) is 0 Å². The molecular weight excluding hydrogens is 532 g/mol. The molecule has 4 aromatic heterocycles. The SMILES string of the molecule is CCn1cc(-c2cc(C(F)F)nc3sc(C(N)=O)c(NC(=O)c4c(Br)c(C)nn4C)c23)c(C)n1. The van der Waals surface area contributed by atoms with Crippen LogP contribution in [-0.4, -0.2) is 36.4 Å². The Kier molecular flexibility index (Phi) is 6.25. The van der Waals surface area contributed by atoms with Crippen molar-refractivity contribution in [2.24, 2.45) is 12.8 Å².